The number of piperidine rings is 1. The predicted octanol–water partition coefficient (Wildman–Crippen LogP) is 5.45. The molecule has 0 spiro atoms. The molecule has 29 heavy (non-hydrogen) atoms. The van der Waals surface area contributed by atoms with Crippen molar-refractivity contribution in [3.8, 4) is 0 Å². The van der Waals surface area contributed by atoms with Crippen LogP contribution in [0, 0.1) is 5.92 Å². The number of nitrogens with one attached hydrogen (secondary N) is 1. The Morgan fingerprint density at radius 2 is 1.86 bits per heavy atom. The summed E-state index contributed by atoms with van der Waals surface area (Å²) in [6.07, 6.45) is 5.06. The quantitative estimate of drug-likeness (QED) is 0.643. The van der Waals surface area contributed by atoms with Gasteiger partial charge in [-0.1, -0.05) is 19.1 Å². The first-order valence-electron chi connectivity index (χ1n) is 10.7. The smallest absolute Gasteiger partial charge is 0.256 e. The maximum absolute atomic E-state index is 12.9. The third-order valence-electron chi connectivity index (χ3n) is 5.85. The van der Waals surface area contributed by atoms with Crippen molar-refractivity contribution in [2.45, 2.75) is 43.6 Å². The molecule has 0 bridgehead atoms. The van der Waals surface area contributed by atoms with E-state index in [1.165, 1.54) is 18.5 Å². The van der Waals surface area contributed by atoms with E-state index in [0.29, 0.717) is 6.10 Å². The number of hydrogen-bond donors (Lipinski definition) is 1. The Kier molecular flexibility index (Phi) is 6.78. The molecule has 2 heterocycles. The van der Waals surface area contributed by atoms with E-state index in [1.807, 2.05) is 36.4 Å². The van der Waals surface area contributed by atoms with Crippen LogP contribution < -0.4 is 10.2 Å². The number of anilines is 2. The summed E-state index contributed by atoms with van der Waals surface area (Å²) in [5, 5.41) is 3.06. The van der Waals surface area contributed by atoms with E-state index in [-0.39, 0.29) is 5.91 Å². The first kappa shape index (κ1) is 20.3. The van der Waals surface area contributed by atoms with Gasteiger partial charge < -0.3 is 15.0 Å². The average Bonchev–Trinajstić information content (AvgIpc) is 3.27. The van der Waals surface area contributed by atoms with Gasteiger partial charge >= 0.3 is 0 Å². The van der Waals surface area contributed by atoms with Crippen LogP contribution in [0.2, 0.25) is 0 Å². The molecule has 4 nitrogen and oxygen atoms in total. The molecule has 0 saturated carbocycles. The van der Waals surface area contributed by atoms with E-state index in [2.05, 4.69) is 29.3 Å². The molecular formula is C24H30N2O2S. The van der Waals surface area contributed by atoms with Crippen LogP contribution in [-0.4, -0.2) is 37.5 Å². The third kappa shape index (κ3) is 5.34. The second-order valence-electron chi connectivity index (χ2n) is 8.11. The summed E-state index contributed by atoms with van der Waals surface area (Å²) in [6.45, 7) is 5.41. The number of benzene rings is 2. The zero-order valence-electron chi connectivity index (χ0n) is 17.1. The highest BCUT2D eigenvalue weighted by molar-refractivity contribution is 7.99. The fourth-order valence-electron chi connectivity index (χ4n) is 3.96. The maximum Gasteiger partial charge on any atom is 0.256 e. The molecule has 4 rings (SSSR count). The van der Waals surface area contributed by atoms with E-state index >= 15 is 0 Å². The highest BCUT2D eigenvalue weighted by Gasteiger charge is 2.19. The molecule has 0 radical (unpaired) electrons. The molecule has 0 unspecified atom stereocenters. The van der Waals surface area contributed by atoms with Crippen LogP contribution in [0.3, 0.4) is 0 Å². The minimum atomic E-state index is -0.0556. The van der Waals surface area contributed by atoms with Crippen molar-refractivity contribution < 1.29 is 9.53 Å². The van der Waals surface area contributed by atoms with Crippen LogP contribution >= 0.6 is 11.8 Å². The van der Waals surface area contributed by atoms with Crippen LogP contribution in [-0.2, 0) is 4.74 Å². The van der Waals surface area contributed by atoms with Gasteiger partial charge in [-0.25, -0.2) is 0 Å². The lowest BCUT2D eigenvalue weighted by atomic mass is 9.99. The van der Waals surface area contributed by atoms with Crippen molar-refractivity contribution in [2.75, 3.05) is 35.7 Å². The molecule has 2 aliphatic rings. The number of ether oxygens (including phenoxy) is 1. The second kappa shape index (κ2) is 9.68. The SMILES string of the molecule is CC1CCN(c2ccc(NC(=O)c3ccccc3SC[C@@H]3CCCO3)cc2)CC1. The van der Waals surface area contributed by atoms with Gasteiger partial charge in [0.05, 0.1) is 11.7 Å². The lowest BCUT2D eigenvalue weighted by molar-refractivity contribution is 0.102. The van der Waals surface area contributed by atoms with Crippen LogP contribution in [0.15, 0.2) is 53.4 Å². The molecule has 1 N–H and O–H groups in total. The van der Waals surface area contributed by atoms with E-state index in [4.69, 9.17) is 4.74 Å². The maximum atomic E-state index is 12.9. The van der Waals surface area contributed by atoms with Gasteiger partial charge in [0.2, 0.25) is 0 Å². The number of carbonyl (C=O) groups excluding carboxylic acids is 1. The summed E-state index contributed by atoms with van der Waals surface area (Å²) in [7, 11) is 0. The van der Waals surface area contributed by atoms with Gasteiger partial charge in [0, 0.05) is 41.7 Å². The standard InChI is InChI=1S/C24H30N2O2S/c1-18-12-14-26(15-13-18)20-10-8-19(9-11-20)25-24(27)22-6-2-3-7-23(22)29-17-21-5-4-16-28-21/h2-3,6-11,18,21H,4-5,12-17H2,1H3,(H,25,27)/t21-/m0/s1. The summed E-state index contributed by atoms with van der Waals surface area (Å²) < 4.78 is 5.71. The Bertz CT molecular complexity index is 810. The third-order valence-corrected chi connectivity index (χ3v) is 7.06. The number of nitrogens with zero attached hydrogens (tertiary/aromatic N) is 1. The summed E-state index contributed by atoms with van der Waals surface area (Å²) in [5.74, 6) is 1.66. The van der Waals surface area contributed by atoms with Gasteiger partial charge in [-0.2, -0.15) is 0 Å². The molecule has 0 aromatic heterocycles. The second-order valence-corrected chi connectivity index (χ2v) is 9.17. The number of amides is 1. The molecule has 1 atom stereocenters. The summed E-state index contributed by atoms with van der Waals surface area (Å²) in [5.41, 5.74) is 2.80. The number of thioether (sulfide) groups is 1. The fraction of sp³-hybridized carbons (Fsp3) is 0.458. The molecule has 2 aliphatic heterocycles. The van der Waals surface area contributed by atoms with Gasteiger partial charge in [0.1, 0.15) is 0 Å². The van der Waals surface area contributed by atoms with Gasteiger partial charge in [-0.05, 0) is 68.0 Å². The zero-order chi connectivity index (χ0) is 20.1. The minimum absolute atomic E-state index is 0.0556. The van der Waals surface area contributed by atoms with Gasteiger partial charge in [-0.3, -0.25) is 4.79 Å². The summed E-state index contributed by atoms with van der Waals surface area (Å²) in [6, 6.07) is 16.1. The number of rotatable bonds is 6. The lowest BCUT2D eigenvalue weighted by Gasteiger charge is -2.32. The van der Waals surface area contributed by atoms with Crippen LogP contribution in [0.1, 0.15) is 43.0 Å². The van der Waals surface area contributed by atoms with Crippen molar-refractivity contribution in [1.29, 1.82) is 0 Å². The monoisotopic (exact) mass is 410 g/mol. The molecule has 2 aromatic carbocycles. The van der Waals surface area contributed by atoms with Crippen molar-refractivity contribution in [3.05, 3.63) is 54.1 Å². The van der Waals surface area contributed by atoms with Gasteiger partial charge in [0.15, 0.2) is 0 Å². The van der Waals surface area contributed by atoms with Crippen molar-refractivity contribution in [2.24, 2.45) is 5.92 Å². The Hall–Kier alpha value is -1.98. The van der Waals surface area contributed by atoms with E-state index in [0.717, 1.165) is 60.4 Å². The molecule has 2 aromatic rings. The van der Waals surface area contributed by atoms with Gasteiger partial charge in [0.25, 0.3) is 5.91 Å². The zero-order valence-corrected chi connectivity index (χ0v) is 17.9. The highest BCUT2D eigenvalue weighted by Crippen LogP contribution is 2.28. The van der Waals surface area contributed by atoms with Crippen molar-refractivity contribution in [3.63, 3.8) is 0 Å². The van der Waals surface area contributed by atoms with E-state index < -0.39 is 0 Å². The largest absolute Gasteiger partial charge is 0.377 e. The average molecular weight is 411 g/mol. The normalized spacial score (nSPS) is 20.0. The molecule has 1 amide bonds. The summed E-state index contributed by atoms with van der Waals surface area (Å²) >= 11 is 1.71. The molecule has 154 valence electrons. The Morgan fingerprint density at radius 3 is 2.59 bits per heavy atom. The minimum Gasteiger partial charge on any atom is -0.377 e. The highest BCUT2D eigenvalue weighted by atomic mass is 32.2. The summed E-state index contributed by atoms with van der Waals surface area (Å²) in [4.78, 5) is 16.3. The fourth-order valence-corrected chi connectivity index (χ4v) is 5.08. The topological polar surface area (TPSA) is 41.6 Å². The van der Waals surface area contributed by atoms with Crippen molar-refractivity contribution >= 4 is 29.0 Å². The molecule has 5 heteroatoms. The van der Waals surface area contributed by atoms with Crippen molar-refractivity contribution in [1.82, 2.24) is 0 Å². The van der Waals surface area contributed by atoms with Crippen LogP contribution in [0.4, 0.5) is 11.4 Å². The first-order valence-corrected chi connectivity index (χ1v) is 11.7. The molecule has 2 saturated heterocycles. The Morgan fingerprint density at radius 1 is 1.10 bits per heavy atom. The number of hydrogen-bond acceptors (Lipinski definition) is 4. The molecular weight excluding hydrogens is 380 g/mol. The Labute approximate surface area is 178 Å². The van der Waals surface area contributed by atoms with Crippen LogP contribution in [0.5, 0.6) is 0 Å². The molecule has 2 fully saturated rings. The van der Waals surface area contributed by atoms with E-state index in [1.54, 1.807) is 11.8 Å². The predicted molar refractivity (Wildman–Crippen MR) is 121 cm³/mol. The van der Waals surface area contributed by atoms with E-state index in [9.17, 15) is 4.79 Å². The first-order chi connectivity index (χ1) is 14.2. The van der Waals surface area contributed by atoms with Gasteiger partial charge in [-0.15, -0.1) is 11.8 Å². The number of carbonyl (C=O) groups is 1. The Balaban J connectivity index is 1.37. The molecule has 0 aliphatic carbocycles. The lowest BCUT2D eigenvalue weighted by Crippen LogP contribution is -2.32. The van der Waals surface area contributed by atoms with Crippen LogP contribution in [0.25, 0.3) is 0 Å².